The van der Waals surface area contributed by atoms with E-state index in [-0.39, 0.29) is 0 Å². The van der Waals surface area contributed by atoms with Crippen molar-refractivity contribution < 1.29 is 0 Å². The number of halogens is 1. The van der Waals surface area contributed by atoms with Gasteiger partial charge >= 0.3 is 0 Å². The standard InChI is InChI=1S/C8H16BIP/c1-7(2)5-8(3,4)11-9-6-10/h11H,1,5-6H2,2-4H3. The molecule has 0 fully saturated rings. The van der Waals surface area contributed by atoms with Gasteiger partial charge in [-0.05, 0) is 22.8 Å². The molecule has 0 rings (SSSR count). The maximum Gasteiger partial charge on any atom is 0.155 e. The first-order valence-electron chi connectivity index (χ1n) is 3.77. The Bertz CT molecular complexity index is 134. The van der Waals surface area contributed by atoms with Gasteiger partial charge in [0.05, 0.1) is 0 Å². The Morgan fingerprint density at radius 2 is 2.18 bits per heavy atom. The van der Waals surface area contributed by atoms with Crippen LogP contribution in [0.2, 0.25) is 0 Å². The molecule has 0 aliphatic rings. The Balaban J connectivity index is 3.70. The summed E-state index contributed by atoms with van der Waals surface area (Å²) in [4.78, 5) is 0. The van der Waals surface area contributed by atoms with Crippen LogP contribution in [0, 0.1) is 0 Å². The smallest absolute Gasteiger partial charge is 0.155 e. The highest BCUT2D eigenvalue weighted by Crippen LogP contribution is 2.34. The molecule has 0 bridgehead atoms. The zero-order valence-corrected chi connectivity index (χ0v) is 10.7. The summed E-state index contributed by atoms with van der Waals surface area (Å²) in [6.45, 7) is 13.0. The van der Waals surface area contributed by atoms with Crippen LogP contribution >= 0.6 is 31.1 Å². The van der Waals surface area contributed by atoms with E-state index in [4.69, 9.17) is 0 Å². The summed E-state index contributed by atoms with van der Waals surface area (Å²) in [5.74, 6) is 0. The molecule has 0 saturated carbocycles. The van der Waals surface area contributed by atoms with E-state index in [1.807, 2.05) is 0 Å². The van der Waals surface area contributed by atoms with Crippen molar-refractivity contribution in [2.45, 2.75) is 32.3 Å². The minimum absolute atomic E-state index is 0.441. The van der Waals surface area contributed by atoms with Gasteiger partial charge < -0.3 is 0 Å². The largest absolute Gasteiger partial charge is 0.156 e. The molecule has 3 heteroatoms. The number of rotatable bonds is 5. The molecule has 0 aromatic heterocycles. The lowest BCUT2D eigenvalue weighted by Gasteiger charge is -2.24. The van der Waals surface area contributed by atoms with Crippen LogP contribution in [0.3, 0.4) is 0 Å². The van der Waals surface area contributed by atoms with E-state index in [1.54, 1.807) is 0 Å². The first kappa shape index (κ1) is 12.0. The lowest BCUT2D eigenvalue weighted by Crippen LogP contribution is -2.14. The normalized spacial score (nSPS) is 12.4. The zero-order chi connectivity index (χ0) is 8.91. The fraction of sp³-hybridized carbons (Fsp3) is 0.750. The van der Waals surface area contributed by atoms with Gasteiger partial charge in [0.25, 0.3) is 0 Å². The Morgan fingerprint density at radius 3 is 2.55 bits per heavy atom. The molecule has 63 valence electrons. The van der Waals surface area contributed by atoms with Crippen molar-refractivity contribution in [3.63, 3.8) is 0 Å². The highest BCUT2D eigenvalue weighted by Gasteiger charge is 2.16. The predicted molar refractivity (Wildman–Crippen MR) is 66.5 cm³/mol. The molecule has 0 amide bonds. The average Bonchev–Trinajstić information content (AvgIpc) is 1.81. The van der Waals surface area contributed by atoms with E-state index in [2.05, 4.69) is 56.9 Å². The van der Waals surface area contributed by atoms with Gasteiger partial charge in [-0.25, -0.2) is 0 Å². The number of alkyl halides is 1. The van der Waals surface area contributed by atoms with Crippen LogP contribution in [0.4, 0.5) is 0 Å². The van der Waals surface area contributed by atoms with E-state index in [9.17, 15) is 0 Å². The first-order valence-corrected chi connectivity index (χ1v) is 6.38. The van der Waals surface area contributed by atoms with E-state index >= 15 is 0 Å². The second-order valence-corrected chi connectivity index (χ2v) is 6.45. The highest BCUT2D eigenvalue weighted by atomic mass is 127. The van der Waals surface area contributed by atoms with Gasteiger partial charge in [0, 0.05) is 0 Å². The van der Waals surface area contributed by atoms with Crippen LogP contribution < -0.4 is 0 Å². The van der Waals surface area contributed by atoms with E-state index in [0.29, 0.717) is 5.16 Å². The quantitative estimate of drug-likeness (QED) is 0.238. The minimum atomic E-state index is 0.441. The topological polar surface area (TPSA) is 0 Å². The van der Waals surface area contributed by atoms with Crippen molar-refractivity contribution in [1.29, 1.82) is 0 Å². The summed E-state index contributed by atoms with van der Waals surface area (Å²) in [7, 11) is 0.958. The van der Waals surface area contributed by atoms with Gasteiger partial charge in [0.2, 0.25) is 0 Å². The van der Waals surface area contributed by atoms with E-state index in [0.717, 1.165) is 19.2 Å². The van der Waals surface area contributed by atoms with Crippen LogP contribution in [0.15, 0.2) is 12.2 Å². The third-order valence-corrected chi connectivity index (χ3v) is 3.95. The number of hydrogen-bond acceptors (Lipinski definition) is 0. The van der Waals surface area contributed by atoms with Crippen LogP contribution in [0.25, 0.3) is 0 Å². The Labute approximate surface area is 86.7 Å². The van der Waals surface area contributed by atoms with E-state index < -0.39 is 0 Å². The predicted octanol–water partition coefficient (Wildman–Crippen LogP) is 3.42. The molecule has 0 nitrogen and oxygen atoms in total. The molecule has 0 aromatic rings. The van der Waals surface area contributed by atoms with Crippen molar-refractivity contribution in [2.75, 3.05) is 4.33 Å². The molecule has 11 heavy (non-hydrogen) atoms. The van der Waals surface area contributed by atoms with Crippen molar-refractivity contribution in [3.05, 3.63) is 12.2 Å². The molecule has 0 aliphatic carbocycles. The van der Waals surface area contributed by atoms with Crippen LogP contribution in [0.1, 0.15) is 27.2 Å². The summed E-state index contributed by atoms with van der Waals surface area (Å²) < 4.78 is 1.16. The van der Waals surface area contributed by atoms with Gasteiger partial charge in [-0.15, -0.1) is 6.58 Å². The Morgan fingerprint density at radius 1 is 1.64 bits per heavy atom. The second-order valence-electron chi connectivity index (χ2n) is 3.52. The molecular weight excluding hydrogens is 265 g/mol. The third kappa shape index (κ3) is 7.33. The average molecular weight is 281 g/mol. The molecule has 1 radical (unpaired) electrons. The Hall–Kier alpha value is 0.965. The Kier molecular flexibility index (Phi) is 6.07. The summed E-state index contributed by atoms with van der Waals surface area (Å²) in [6, 6.07) is 0. The molecular formula is C8H16BIP. The number of allylic oxidation sites excluding steroid dienone is 1. The van der Waals surface area contributed by atoms with Crippen LogP contribution in [-0.2, 0) is 0 Å². The van der Waals surface area contributed by atoms with Crippen molar-refractivity contribution in [3.8, 4) is 0 Å². The molecule has 0 aliphatic heterocycles. The van der Waals surface area contributed by atoms with Crippen molar-refractivity contribution in [1.82, 2.24) is 0 Å². The molecule has 0 aromatic carbocycles. The summed E-state index contributed by atoms with van der Waals surface area (Å²) in [5.41, 5.74) is 1.30. The second kappa shape index (κ2) is 5.58. The van der Waals surface area contributed by atoms with E-state index in [1.165, 1.54) is 5.57 Å². The van der Waals surface area contributed by atoms with Gasteiger partial charge in [-0.3, -0.25) is 0 Å². The summed E-state index contributed by atoms with van der Waals surface area (Å²) >= 11 is 2.39. The SMILES string of the molecule is C=C(C)CC(C)(C)P[B]CI. The summed E-state index contributed by atoms with van der Waals surface area (Å²) in [6.07, 6.45) is 1.15. The number of hydrogen-bond donors (Lipinski definition) is 0. The molecule has 0 saturated heterocycles. The maximum absolute atomic E-state index is 3.94. The molecule has 0 spiro atoms. The van der Waals surface area contributed by atoms with Crippen LogP contribution in [-0.4, -0.2) is 16.5 Å². The fourth-order valence-electron chi connectivity index (χ4n) is 1.12. The van der Waals surface area contributed by atoms with Crippen molar-refractivity contribution >= 4 is 38.0 Å². The molecule has 1 unspecified atom stereocenters. The van der Waals surface area contributed by atoms with Gasteiger partial charge in [-0.1, -0.05) is 42.0 Å². The first-order chi connectivity index (χ1) is 4.98. The zero-order valence-electron chi connectivity index (χ0n) is 7.58. The maximum atomic E-state index is 3.94. The lowest BCUT2D eigenvalue weighted by atomic mass is 10.0. The highest BCUT2D eigenvalue weighted by molar-refractivity contribution is 14.1. The van der Waals surface area contributed by atoms with Gasteiger partial charge in [0.15, 0.2) is 7.00 Å². The summed E-state index contributed by atoms with van der Waals surface area (Å²) in [5, 5.41) is 0.441. The van der Waals surface area contributed by atoms with Crippen molar-refractivity contribution in [2.24, 2.45) is 0 Å². The van der Waals surface area contributed by atoms with Gasteiger partial charge in [0.1, 0.15) is 0 Å². The van der Waals surface area contributed by atoms with Gasteiger partial charge in [-0.2, -0.15) is 8.46 Å². The fourth-order valence-corrected chi connectivity index (χ4v) is 2.81. The monoisotopic (exact) mass is 281 g/mol. The molecule has 1 atom stereocenters. The van der Waals surface area contributed by atoms with Crippen LogP contribution in [0.5, 0.6) is 0 Å². The molecule has 0 N–H and O–H groups in total. The lowest BCUT2D eigenvalue weighted by molar-refractivity contribution is 0.701. The third-order valence-electron chi connectivity index (χ3n) is 1.31. The minimum Gasteiger partial charge on any atom is -0.156 e. The molecule has 0 heterocycles.